The summed E-state index contributed by atoms with van der Waals surface area (Å²) in [6, 6.07) is 8.76. The topological polar surface area (TPSA) is 46.2 Å². The third kappa shape index (κ3) is 4.18. The van der Waals surface area contributed by atoms with Crippen molar-refractivity contribution in [2.45, 2.75) is 33.2 Å². The second-order valence-electron chi connectivity index (χ2n) is 5.26. The van der Waals surface area contributed by atoms with Gasteiger partial charge in [-0.3, -0.25) is 9.59 Å². The maximum Gasteiger partial charge on any atom is 0.217 e. The number of carbonyl (C=O) groups is 2. The first kappa shape index (κ1) is 16.7. The SMILES string of the molecule is CC(=O)NC(CC(=O)c1cc(C)sc1C)c1ccc(Cl)cc1. The highest BCUT2D eigenvalue weighted by Crippen LogP contribution is 2.26. The monoisotopic (exact) mass is 335 g/mol. The molecule has 22 heavy (non-hydrogen) atoms. The van der Waals surface area contributed by atoms with Gasteiger partial charge >= 0.3 is 0 Å². The quantitative estimate of drug-likeness (QED) is 0.819. The Bertz CT molecular complexity index is 691. The minimum absolute atomic E-state index is 0.0375. The molecule has 0 spiro atoms. The van der Waals surface area contributed by atoms with Crippen LogP contribution in [0.5, 0.6) is 0 Å². The van der Waals surface area contributed by atoms with E-state index in [9.17, 15) is 9.59 Å². The fourth-order valence-corrected chi connectivity index (χ4v) is 3.46. The lowest BCUT2D eigenvalue weighted by Crippen LogP contribution is -2.28. The van der Waals surface area contributed by atoms with E-state index >= 15 is 0 Å². The summed E-state index contributed by atoms with van der Waals surface area (Å²) in [5.74, 6) is -0.124. The van der Waals surface area contributed by atoms with Crippen LogP contribution in [0, 0.1) is 13.8 Å². The third-order valence-electron chi connectivity index (χ3n) is 3.38. The number of hydrogen-bond donors (Lipinski definition) is 1. The van der Waals surface area contributed by atoms with E-state index in [1.165, 1.54) is 6.92 Å². The summed E-state index contributed by atoms with van der Waals surface area (Å²) >= 11 is 7.51. The van der Waals surface area contributed by atoms with Gasteiger partial charge in [-0.25, -0.2) is 0 Å². The molecule has 1 aromatic heterocycles. The van der Waals surface area contributed by atoms with E-state index in [4.69, 9.17) is 11.6 Å². The number of Topliss-reactive ketones (excluding diaryl/α,β-unsaturated/α-hetero) is 1. The largest absolute Gasteiger partial charge is 0.349 e. The molecular formula is C17H18ClNO2S. The normalized spacial score (nSPS) is 12.0. The molecule has 116 valence electrons. The average Bonchev–Trinajstić information content (AvgIpc) is 2.77. The zero-order valence-corrected chi connectivity index (χ0v) is 14.3. The summed E-state index contributed by atoms with van der Waals surface area (Å²) in [6.07, 6.45) is 0.234. The van der Waals surface area contributed by atoms with Crippen LogP contribution in [0.2, 0.25) is 5.02 Å². The van der Waals surface area contributed by atoms with E-state index in [2.05, 4.69) is 5.32 Å². The molecule has 0 aliphatic rings. The van der Waals surface area contributed by atoms with Gasteiger partial charge in [0, 0.05) is 33.7 Å². The Morgan fingerprint density at radius 3 is 2.36 bits per heavy atom. The van der Waals surface area contributed by atoms with Crippen molar-refractivity contribution in [3.8, 4) is 0 Å². The second-order valence-corrected chi connectivity index (χ2v) is 7.16. The lowest BCUT2D eigenvalue weighted by Gasteiger charge is -2.18. The predicted molar refractivity (Wildman–Crippen MR) is 90.8 cm³/mol. The maximum atomic E-state index is 12.5. The van der Waals surface area contributed by atoms with Crippen LogP contribution in [0.1, 0.15) is 45.1 Å². The van der Waals surface area contributed by atoms with E-state index in [0.29, 0.717) is 5.02 Å². The van der Waals surface area contributed by atoms with E-state index < -0.39 is 0 Å². The molecule has 1 amide bonds. The van der Waals surface area contributed by atoms with Crippen molar-refractivity contribution in [1.29, 1.82) is 0 Å². The van der Waals surface area contributed by atoms with E-state index in [-0.39, 0.29) is 24.2 Å². The van der Waals surface area contributed by atoms with Gasteiger partial charge in [0.25, 0.3) is 0 Å². The molecule has 1 atom stereocenters. The fraction of sp³-hybridized carbons (Fsp3) is 0.294. The van der Waals surface area contributed by atoms with Crippen molar-refractivity contribution in [3.63, 3.8) is 0 Å². The van der Waals surface area contributed by atoms with Gasteiger partial charge in [-0.15, -0.1) is 11.3 Å². The number of ketones is 1. The van der Waals surface area contributed by atoms with Crippen LogP contribution in [0.3, 0.4) is 0 Å². The molecule has 0 bridgehead atoms. The Kier molecular flexibility index (Phi) is 5.37. The lowest BCUT2D eigenvalue weighted by molar-refractivity contribution is -0.119. The number of rotatable bonds is 5. The minimum atomic E-state index is -0.345. The number of aryl methyl sites for hydroxylation is 2. The molecule has 0 saturated heterocycles. The number of amides is 1. The molecule has 0 aliphatic carbocycles. The molecule has 2 aromatic rings. The number of benzene rings is 1. The van der Waals surface area contributed by atoms with Gasteiger partial charge in [-0.05, 0) is 37.6 Å². The van der Waals surface area contributed by atoms with Gasteiger partial charge in [0.05, 0.1) is 6.04 Å². The molecule has 1 aromatic carbocycles. The van der Waals surface area contributed by atoms with Gasteiger partial charge in [-0.2, -0.15) is 0 Å². The van der Waals surface area contributed by atoms with Crippen LogP contribution >= 0.6 is 22.9 Å². The van der Waals surface area contributed by atoms with Gasteiger partial charge < -0.3 is 5.32 Å². The van der Waals surface area contributed by atoms with Crippen molar-refractivity contribution in [3.05, 3.63) is 56.2 Å². The molecule has 3 nitrogen and oxygen atoms in total. The van der Waals surface area contributed by atoms with Gasteiger partial charge in [0.15, 0.2) is 5.78 Å². The van der Waals surface area contributed by atoms with Crippen LogP contribution in [-0.2, 0) is 4.79 Å². The van der Waals surface area contributed by atoms with E-state index in [0.717, 1.165) is 20.9 Å². The predicted octanol–water partition coefficient (Wildman–Crippen LogP) is 4.47. The number of nitrogens with one attached hydrogen (secondary N) is 1. The highest BCUT2D eigenvalue weighted by molar-refractivity contribution is 7.12. The molecular weight excluding hydrogens is 318 g/mol. The molecule has 0 fully saturated rings. The average molecular weight is 336 g/mol. The lowest BCUT2D eigenvalue weighted by atomic mass is 9.98. The molecule has 0 radical (unpaired) electrons. The first-order valence-electron chi connectivity index (χ1n) is 6.99. The van der Waals surface area contributed by atoms with E-state index in [1.54, 1.807) is 23.5 Å². The molecule has 0 saturated carbocycles. The third-order valence-corrected chi connectivity index (χ3v) is 4.60. The summed E-state index contributed by atoms with van der Waals surface area (Å²) < 4.78 is 0. The number of halogens is 1. The Labute approximate surface area is 139 Å². The standard InChI is InChI=1S/C17H18ClNO2S/c1-10-8-15(11(2)22-10)17(21)9-16(19-12(3)20)13-4-6-14(18)7-5-13/h4-8,16H,9H2,1-3H3,(H,19,20). The number of carbonyl (C=O) groups excluding carboxylic acids is 2. The summed E-state index contributed by atoms with van der Waals surface area (Å²) in [7, 11) is 0. The molecule has 1 unspecified atom stereocenters. The first-order chi connectivity index (χ1) is 10.4. The Hall–Kier alpha value is -1.65. The number of hydrogen-bond acceptors (Lipinski definition) is 3. The zero-order valence-electron chi connectivity index (χ0n) is 12.8. The summed E-state index contributed by atoms with van der Waals surface area (Å²) in [4.78, 5) is 26.1. The van der Waals surface area contributed by atoms with Crippen molar-refractivity contribution < 1.29 is 9.59 Å². The minimum Gasteiger partial charge on any atom is -0.349 e. The van der Waals surface area contributed by atoms with Crippen LogP contribution in [0.25, 0.3) is 0 Å². The molecule has 5 heteroatoms. The molecule has 1 N–H and O–H groups in total. The molecule has 0 aliphatic heterocycles. The van der Waals surface area contributed by atoms with Gasteiger partial charge in [0.1, 0.15) is 0 Å². The maximum absolute atomic E-state index is 12.5. The molecule has 2 rings (SSSR count). The molecule has 1 heterocycles. The van der Waals surface area contributed by atoms with Crippen LogP contribution in [0.4, 0.5) is 0 Å². The highest BCUT2D eigenvalue weighted by Gasteiger charge is 2.20. The van der Waals surface area contributed by atoms with Crippen LogP contribution in [-0.4, -0.2) is 11.7 Å². The number of thiophene rings is 1. The smallest absolute Gasteiger partial charge is 0.217 e. The zero-order chi connectivity index (χ0) is 16.3. The Morgan fingerprint density at radius 2 is 1.86 bits per heavy atom. The van der Waals surface area contributed by atoms with Crippen LogP contribution < -0.4 is 5.32 Å². The van der Waals surface area contributed by atoms with Crippen molar-refractivity contribution >= 4 is 34.6 Å². The van der Waals surface area contributed by atoms with E-state index in [1.807, 2.05) is 32.0 Å². The van der Waals surface area contributed by atoms with Crippen LogP contribution in [0.15, 0.2) is 30.3 Å². The van der Waals surface area contributed by atoms with Gasteiger partial charge in [-0.1, -0.05) is 23.7 Å². The Morgan fingerprint density at radius 1 is 1.23 bits per heavy atom. The Balaban J connectivity index is 2.23. The fourth-order valence-electron chi connectivity index (χ4n) is 2.40. The summed E-state index contributed by atoms with van der Waals surface area (Å²) in [5.41, 5.74) is 1.62. The first-order valence-corrected chi connectivity index (χ1v) is 8.19. The second kappa shape index (κ2) is 7.07. The van der Waals surface area contributed by atoms with Gasteiger partial charge in [0.2, 0.25) is 5.91 Å². The van der Waals surface area contributed by atoms with Crippen molar-refractivity contribution in [2.24, 2.45) is 0 Å². The summed E-state index contributed by atoms with van der Waals surface area (Å²) in [5, 5.41) is 3.47. The summed E-state index contributed by atoms with van der Waals surface area (Å²) in [6.45, 7) is 5.38. The highest BCUT2D eigenvalue weighted by atomic mass is 35.5. The van der Waals surface area contributed by atoms with Crippen molar-refractivity contribution in [1.82, 2.24) is 5.32 Å². The van der Waals surface area contributed by atoms with Crippen molar-refractivity contribution in [2.75, 3.05) is 0 Å².